The minimum atomic E-state index is -4.33. The van der Waals surface area contributed by atoms with Crippen LogP contribution in [0, 0.1) is 32.4 Å². The first-order chi connectivity index (χ1) is 14.0. The lowest BCUT2D eigenvalue weighted by Gasteiger charge is -2.14. The summed E-state index contributed by atoms with van der Waals surface area (Å²) in [6.07, 6.45) is 1.58. The number of aromatic nitrogens is 1. The maximum atomic E-state index is 13.3. The topological polar surface area (TPSA) is 96.3 Å². The van der Waals surface area contributed by atoms with E-state index >= 15 is 0 Å². The molecule has 0 aliphatic rings. The van der Waals surface area contributed by atoms with Crippen LogP contribution >= 0.6 is 0 Å². The second-order valence-electron chi connectivity index (χ2n) is 6.62. The van der Waals surface area contributed by atoms with Crippen molar-refractivity contribution >= 4 is 10.1 Å². The van der Waals surface area contributed by atoms with Crippen LogP contribution in [0.5, 0.6) is 5.88 Å². The Morgan fingerprint density at radius 3 is 2.07 bits per heavy atom. The minimum absolute atomic E-state index is 0.0851. The summed E-state index contributed by atoms with van der Waals surface area (Å²) in [4.78, 5) is -0.0851. The number of benzene rings is 2. The molecule has 0 unspecified atom stereocenters. The van der Waals surface area contributed by atoms with Crippen molar-refractivity contribution < 1.29 is 31.2 Å². The molecule has 6 nitrogen and oxygen atoms in total. The third-order valence-electron chi connectivity index (χ3n) is 4.13. The van der Waals surface area contributed by atoms with Gasteiger partial charge in [-0.15, -0.1) is 0 Å². The monoisotopic (exact) mass is 436 g/mol. The second-order valence-corrected chi connectivity index (χ2v) is 7.93. The maximum Gasteiger partial charge on any atom is 0.396 e. The van der Waals surface area contributed by atoms with Crippen LogP contribution in [0.3, 0.4) is 0 Å². The van der Waals surface area contributed by atoms with Crippen LogP contribution in [-0.2, 0) is 16.7 Å². The molecule has 0 saturated carbocycles. The summed E-state index contributed by atoms with van der Waals surface area (Å²) >= 11 is 0. The van der Waals surface area contributed by atoms with Gasteiger partial charge in [-0.2, -0.15) is 0 Å². The zero-order chi connectivity index (χ0) is 22.5. The fraction of sp³-hybridized carbons (Fsp3) is 0.190. The zero-order valence-corrected chi connectivity index (χ0v) is 17.5. The number of rotatable bonds is 4. The summed E-state index contributed by atoms with van der Waals surface area (Å²) in [7, 11) is -4.33. The van der Waals surface area contributed by atoms with Gasteiger partial charge in [-0.25, -0.2) is 23.0 Å². The molecule has 0 bridgehead atoms. The van der Waals surface area contributed by atoms with Crippen molar-refractivity contribution in [3.8, 4) is 5.88 Å². The van der Waals surface area contributed by atoms with Crippen molar-refractivity contribution in [2.24, 2.45) is 0 Å². The van der Waals surface area contributed by atoms with Gasteiger partial charge < -0.3 is 9.29 Å². The van der Waals surface area contributed by atoms with E-state index in [9.17, 15) is 21.8 Å². The zero-order valence-electron chi connectivity index (χ0n) is 16.7. The fourth-order valence-electron chi connectivity index (χ4n) is 2.94. The molecule has 3 rings (SSSR count). The molecule has 9 heteroatoms. The largest absolute Gasteiger partial charge is 0.744 e. The highest BCUT2D eigenvalue weighted by molar-refractivity contribution is 7.85. The Kier molecular flexibility index (Phi) is 7.47. The average Bonchev–Trinajstić information content (AvgIpc) is 2.61. The van der Waals surface area contributed by atoms with Crippen LogP contribution in [0.2, 0.25) is 0 Å². The molecule has 0 saturated heterocycles. The lowest BCUT2D eigenvalue weighted by Crippen LogP contribution is -2.45. The Labute approximate surface area is 174 Å². The van der Waals surface area contributed by atoms with Crippen molar-refractivity contribution in [1.29, 1.82) is 0 Å². The Balaban J connectivity index is 0.000000222. The Hall–Kier alpha value is -3.04. The number of ether oxygens (including phenoxy) is 1. The summed E-state index contributed by atoms with van der Waals surface area (Å²) in [5.74, 6) is 4.62. The van der Waals surface area contributed by atoms with E-state index in [2.05, 4.69) is 0 Å². The molecule has 160 valence electrons. The summed E-state index contributed by atoms with van der Waals surface area (Å²) in [5, 5.41) is 0. The number of halogens is 2. The van der Waals surface area contributed by atoms with Gasteiger partial charge in [0.1, 0.15) is 28.4 Å². The number of hydrogen-bond acceptors (Lipinski definition) is 5. The molecular weight excluding hydrogens is 414 g/mol. The molecule has 1 heterocycles. The number of pyridine rings is 1. The maximum absolute atomic E-state index is 13.3. The average molecular weight is 436 g/mol. The smallest absolute Gasteiger partial charge is 0.396 e. The van der Waals surface area contributed by atoms with Gasteiger partial charge >= 0.3 is 5.88 Å². The van der Waals surface area contributed by atoms with Crippen molar-refractivity contribution in [2.75, 3.05) is 5.84 Å². The summed E-state index contributed by atoms with van der Waals surface area (Å²) < 4.78 is 65.6. The number of nitrogens with two attached hydrogens (primary N) is 1. The summed E-state index contributed by atoms with van der Waals surface area (Å²) in [6, 6.07) is 12.1. The van der Waals surface area contributed by atoms with E-state index < -0.39 is 21.8 Å². The van der Waals surface area contributed by atoms with Crippen molar-refractivity contribution in [3.63, 3.8) is 0 Å². The van der Waals surface area contributed by atoms with Crippen LogP contribution in [0.25, 0.3) is 0 Å². The molecule has 0 fully saturated rings. The third kappa shape index (κ3) is 5.98. The Bertz CT molecular complexity index is 1110. The molecule has 2 aromatic carbocycles. The lowest BCUT2D eigenvalue weighted by atomic mass is 10.1. The van der Waals surface area contributed by atoms with Crippen LogP contribution in [0.4, 0.5) is 8.78 Å². The molecule has 0 spiro atoms. The fourth-order valence-corrected chi connectivity index (χ4v) is 3.85. The minimum Gasteiger partial charge on any atom is -0.744 e. The number of aryl methyl sites for hydroxylation is 3. The van der Waals surface area contributed by atoms with E-state index in [1.807, 2.05) is 6.92 Å². The van der Waals surface area contributed by atoms with Crippen LogP contribution in [-0.4, -0.2) is 13.0 Å². The predicted molar refractivity (Wildman–Crippen MR) is 106 cm³/mol. The molecule has 0 radical (unpaired) electrons. The van der Waals surface area contributed by atoms with Gasteiger partial charge in [-0.05, 0) is 50.1 Å². The molecule has 0 amide bonds. The van der Waals surface area contributed by atoms with Crippen LogP contribution < -0.4 is 15.3 Å². The van der Waals surface area contributed by atoms with E-state index in [1.54, 1.807) is 50.4 Å². The Morgan fingerprint density at radius 2 is 1.57 bits per heavy atom. The third-order valence-corrected chi connectivity index (χ3v) is 5.28. The number of nitrogen functional groups attached to an aromatic ring is 1. The summed E-state index contributed by atoms with van der Waals surface area (Å²) in [6.45, 7) is 4.91. The molecule has 0 atom stereocenters. The molecule has 3 aromatic rings. The molecule has 1 aromatic heterocycles. The highest BCUT2D eigenvalue weighted by Gasteiger charge is 2.13. The molecular formula is C21H22F2N2O4S. The van der Waals surface area contributed by atoms with Crippen molar-refractivity contribution in [1.82, 2.24) is 0 Å². The van der Waals surface area contributed by atoms with Gasteiger partial charge in [-0.3, -0.25) is 0 Å². The lowest BCUT2D eigenvalue weighted by molar-refractivity contribution is -0.645. The standard InChI is InChI=1S/C12H11F2N2O.C9H12O3S/c13-10-4-3-5-11(14)9(10)8-17-12-6-1-2-7-16(12)15;1-6-4-7(2)9(8(3)5-6)13(10,11)12/h1-7H,8,15H2;4-5H,1-3H3,(H,10,11,12)/q+1;/p-1. The van der Waals surface area contributed by atoms with Gasteiger partial charge in [0.15, 0.2) is 0 Å². The van der Waals surface area contributed by atoms with E-state index in [1.165, 1.54) is 22.9 Å². The quantitative estimate of drug-likeness (QED) is 0.385. The normalized spacial score (nSPS) is 10.9. The SMILES string of the molecule is Cc1cc(C)c(S(=O)(=O)[O-])c(C)c1.N[n+]1ccccc1OCc1c(F)cccc1F. The van der Waals surface area contributed by atoms with Gasteiger partial charge in [0.05, 0.1) is 16.5 Å². The molecule has 30 heavy (non-hydrogen) atoms. The molecule has 0 aliphatic heterocycles. The van der Waals surface area contributed by atoms with Gasteiger partial charge in [-0.1, -0.05) is 28.4 Å². The number of nitrogens with zero attached hydrogens (tertiary/aromatic N) is 1. The second kappa shape index (κ2) is 9.64. The highest BCUT2D eigenvalue weighted by Crippen LogP contribution is 2.20. The summed E-state index contributed by atoms with van der Waals surface area (Å²) in [5.41, 5.74) is 1.89. The molecule has 2 N–H and O–H groups in total. The number of hydrogen-bond donors (Lipinski definition) is 1. The van der Waals surface area contributed by atoms with E-state index in [0.29, 0.717) is 17.0 Å². The van der Waals surface area contributed by atoms with E-state index in [4.69, 9.17) is 10.6 Å². The van der Waals surface area contributed by atoms with Gasteiger partial charge in [0.2, 0.25) is 6.20 Å². The van der Waals surface area contributed by atoms with E-state index in [0.717, 1.165) is 5.56 Å². The first-order valence-corrected chi connectivity index (χ1v) is 10.3. The molecule has 0 aliphatic carbocycles. The van der Waals surface area contributed by atoms with Gasteiger partial charge in [0.25, 0.3) is 0 Å². The predicted octanol–water partition coefficient (Wildman–Crippen LogP) is 3.06. The van der Waals surface area contributed by atoms with Crippen LogP contribution in [0.15, 0.2) is 59.6 Å². The van der Waals surface area contributed by atoms with Gasteiger partial charge in [0, 0.05) is 6.07 Å². The first kappa shape index (κ1) is 23.2. The van der Waals surface area contributed by atoms with Crippen LogP contribution in [0.1, 0.15) is 22.3 Å². The van der Waals surface area contributed by atoms with Crippen molar-refractivity contribution in [2.45, 2.75) is 32.3 Å². The first-order valence-electron chi connectivity index (χ1n) is 8.86. The Morgan fingerprint density at radius 1 is 1.00 bits per heavy atom. The van der Waals surface area contributed by atoms with Crippen molar-refractivity contribution in [3.05, 3.63) is 88.6 Å². The van der Waals surface area contributed by atoms with E-state index in [-0.39, 0.29) is 17.1 Å². The highest BCUT2D eigenvalue weighted by atomic mass is 32.2.